The fourth-order valence-corrected chi connectivity index (χ4v) is 5.07. The van der Waals surface area contributed by atoms with Crippen molar-refractivity contribution in [3.8, 4) is 0 Å². The standard InChI is InChI=1S/C18H22N2O2/c1-10-14-13(18(14,2)3)9-12-15(10)19-17(22)20(16(12)21)11-7-5-4-6-8-11/h4-8,10,12-15H,9H2,1-3H3,(H,19,22)/t10-,12-,13-,14+,15?/m1/s1. The van der Waals surface area contributed by atoms with Gasteiger partial charge in [-0.25, -0.2) is 9.69 Å². The van der Waals surface area contributed by atoms with E-state index >= 15 is 0 Å². The first-order valence-corrected chi connectivity index (χ1v) is 8.12. The van der Waals surface area contributed by atoms with Gasteiger partial charge in [0.25, 0.3) is 0 Å². The van der Waals surface area contributed by atoms with E-state index in [1.54, 1.807) is 0 Å². The van der Waals surface area contributed by atoms with E-state index in [4.69, 9.17) is 0 Å². The van der Waals surface area contributed by atoms with Crippen LogP contribution in [0.1, 0.15) is 27.2 Å². The molecule has 0 bridgehead atoms. The Morgan fingerprint density at radius 3 is 2.55 bits per heavy atom. The molecule has 4 rings (SSSR count). The third-order valence-corrected chi connectivity index (χ3v) is 6.26. The SMILES string of the molecule is C[C@H]1C2NC(=O)N(c3ccccc3)C(=O)[C@@H]2C[C@@H]2[C@H]1C2(C)C. The number of anilines is 1. The molecule has 1 aliphatic heterocycles. The summed E-state index contributed by atoms with van der Waals surface area (Å²) in [5, 5.41) is 3.11. The zero-order chi connectivity index (χ0) is 15.6. The third-order valence-electron chi connectivity index (χ3n) is 6.26. The molecule has 22 heavy (non-hydrogen) atoms. The average molecular weight is 298 g/mol. The second-order valence-corrected chi connectivity index (χ2v) is 7.64. The number of nitrogens with one attached hydrogen (secondary N) is 1. The van der Waals surface area contributed by atoms with Gasteiger partial charge in [0, 0.05) is 6.04 Å². The molecular weight excluding hydrogens is 276 g/mol. The molecule has 3 amide bonds. The lowest BCUT2D eigenvalue weighted by molar-refractivity contribution is -0.125. The third kappa shape index (κ3) is 1.70. The molecule has 116 valence electrons. The molecule has 0 aromatic heterocycles. The number of urea groups is 1. The Labute approximate surface area is 130 Å². The predicted molar refractivity (Wildman–Crippen MR) is 84.3 cm³/mol. The molecule has 0 spiro atoms. The normalized spacial score (nSPS) is 38.9. The van der Waals surface area contributed by atoms with Crippen LogP contribution < -0.4 is 10.2 Å². The first kappa shape index (κ1) is 13.8. The average Bonchev–Trinajstić information content (AvgIpc) is 3.04. The number of hydrogen-bond acceptors (Lipinski definition) is 2. The number of carbonyl (C=O) groups is 2. The van der Waals surface area contributed by atoms with Crippen LogP contribution in [0.25, 0.3) is 0 Å². The maximum atomic E-state index is 13.0. The van der Waals surface area contributed by atoms with Gasteiger partial charge in [0.2, 0.25) is 5.91 Å². The van der Waals surface area contributed by atoms with Gasteiger partial charge >= 0.3 is 6.03 Å². The van der Waals surface area contributed by atoms with Crippen molar-refractivity contribution in [3.63, 3.8) is 0 Å². The summed E-state index contributed by atoms with van der Waals surface area (Å²) in [6.07, 6.45) is 0.898. The summed E-state index contributed by atoms with van der Waals surface area (Å²) in [5.41, 5.74) is 0.965. The summed E-state index contributed by atoms with van der Waals surface area (Å²) in [4.78, 5) is 26.8. The summed E-state index contributed by atoms with van der Waals surface area (Å²) in [7, 11) is 0. The van der Waals surface area contributed by atoms with E-state index in [1.807, 2.05) is 30.3 Å². The molecule has 2 aliphatic carbocycles. The smallest absolute Gasteiger partial charge is 0.329 e. The van der Waals surface area contributed by atoms with Gasteiger partial charge in [-0.15, -0.1) is 0 Å². The Morgan fingerprint density at radius 1 is 1.18 bits per heavy atom. The lowest BCUT2D eigenvalue weighted by Gasteiger charge is -2.42. The second-order valence-electron chi connectivity index (χ2n) is 7.64. The van der Waals surface area contributed by atoms with Gasteiger partial charge in [0.1, 0.15) is 0 Å². The first-order chi connectivity index (χ1) is 10.4. The molecule has 4 nitrogen and oxygen atoms in total. The number of imide groups is 1. The topological polar surface area (TPSA) is 49.4 Å². The number of fused-ring (bicyclic) bond motifs is 2. The Morgan fingerprint density at radius 2 is 1.86 bits per heavy atom. The van der Waals surface area contributed by atoms with Crippen LogP contribution in [-0.2, 0) is 4.79 Å². The Kier molecular flexibility index (Phi) is 2.72. The molecule has 1 unspecified atom stereocenters. The maximum Gasteiger partial charge on any atom is 0.329 e. The van der Waals surface area contributed by atoms with E-state index in [9.17, 15) is 9.59 Å². The Bertz CT molecular complexity index is 640. The van der Waals surface area contributed by atoms with Crippen LogP contribution in [-0.4, -0.2) is 18.0 Å². The highest BCUT2D eigenvalue weighted by molar-refractivity contribution is 6.17. The van der Waals surface area contributed by atoms with Crippen molar-refractivity contribution >= 4 is 17.6 Å². The zero-order valence-corrected chi connectivity index (χ0v) is 13.2. The second kappa shape index (κ2) is 4.34. The minimum absolute atomic E-state index is 0.0111. The number of benzene rings is 1. The molecule has 1 saturated heterocycles. The van der Waals surface area contributed by atoms with E-state index in [-0.39, 0.29) is 23.9 Å². The monoisotopic (exact) mass is 298 g/mol. The highest BCUT2D eigenvalue weighted by Crippen LogP contribution is 2.68. The van der Waals surface area contributed by atoms with Crippen LogP contribution in [0.4, 0.5) is 10.5 Å². The fraction of sp³-hybridized carbons (Fsp3) is 0.556. The summed E-state index contributed by atoms with van der Waals surface area (Å²) >= 11 is 0. The lowest BCUT2D eigenvalue weighted by atomic mass is 9.76. The Balaban J connectivity index is 1.67. The molecule has 0 radical (unpaired) electrons. The van der Waals surface area contributed by atoms with E-state index in [0.717, 1.165) is 6.42 Å². The van der Waals surface area contributed by atoms with Gasteiger partial charge in [-0.2, -0.15) is 0 Å². The van der Waals surface area contributed by atoms with Gasteiger partial charge < -0.3 is 5.32 Å². The van der Waals surface area contributed by atoms with Gasteiger partial charge in [-0.05, 0) is 41.7 Å². The van der Waals surface area contributed by atoms with E-state index in [0.29, 0.717) is 28.9 Å². The molecule has 1 aromatic rings. The molecule has 3 fully saturated rings. The number of carbonyl (C=O) groups excluding carboxylic acids is 2. The van der Waals surface area contributed by atoms with E-state index < -0.39 is 0 Å². The van der Waals surface area contributed by atoms with Crippen LogP contribution in [0.15, 0.2) is 30.3 Å². The molecule has 1 N–H and O–H groups in total. The quantitative estimate of drug-likeness (QED) is 0.866. The lowest BCUT2D eigenvalue weighted by Crippen LogP contribution is -2.63. The molecule has 4 heteroatoms. The molecular formula is C18H22N2O2. The van der Waals surface area contributed by atoms with Crippen molar-refractivity contribution in [1.82, 2.24) is 5.32 Å². The number of rotatable bonds is 1. The number of hydrogen-bond donors (Lipinski definition) is 1. The summed E-state index contributed by atoms with van der Waals surface area (Å²) in [6.45, 7) is 6.77. The molecule has 1 heterocycles. The number of nitrogens with zero attached hydrogens (tertiary/aromatic N) is 1. The van der Waals surface area contributed by atoms with Crippen LogP contribution in [0.2, 0.25) is 0 Å². The van der Waals surface area contributed by atoms with E-state index in [2.05, 4.69) is 26.1 Å². The highest BCUT2D eigenvalue weighted by atomic mass is 16.2. The van der Waals surface area contributed by atoms with Crippen molar-refractivity contribution in [1.29, 1.82) is 0 Å². The number of para-hydroxylation sites is 1. The van der Waals surface area contributed by atoms with Gasteiger partial charge in [0.15, 0.2) is 0 Å². The fourth-order valence-electron chi connectivity index (χ4n) is 5.07. The zero-order valence-electron chi connectivity index (χ0n) is 13.2. The molecule has 1 aromatic carbocycles. The predicted octanol–water partition coefficient (Wildman–Crippen LogP) is 3.04. The van der Waals surface area contributed by atoms with Crippen LogP contribution >= 0.6 is 0 Å². The minimum atomic E-state index is -0.277. The van der Waals surface area contributed by atoms with Crippen LogP contribution in [0, 0.1) is 29.1 Å². The highest BCUT2D eigenvalue weighted by Gasteiger charge is 2.66. The van der Waals surface area contributed by atoms with Crippen LogP contribution in [0.3, 0.4) is 0 Å². The van der Waals surface area contributed by atoms with Crippen molar-refractivity contribution in [2.45, 2.75) is 33.2 Å². The Hall–Kier alpha value is -1.84. The van der Waals surface area contributed by atoms with Crippen molar-refractivity contribution < 1.29 is 9.59 Å². The van der Waals surface area contributed by atoms with Crippen molar-refractivity contribution in [2.75, 3.05) is 4.90 Å². The van der Waals surface area contributed by atoms with Crippen molar-refractivity contribution in [2.24, 2.45) is 29.1 Å². The van der Waals surface area contributed by atoms with Crippen LogP contribution in [0.5, 0.6) is 0 Å². The van der Waals surface area contributed by atoms with E-state index in [1.165, 1.54) is 4.90 Å². The van der Waals surface area contributed by atoms with Gasteiger partial charge in [-0.3, -0.25) is 4.79 Å². The maximum absolute atomic E-state index is 13.0. The minimum Gasteiger partial charge on any atom is -0.333 e. The summed E-state index contributed by atoms with van der Waals surface area (Å²) in [5.74, 6) is 1.49. The van der Waals surface area contributed by atoms with Gasteiger partial charge in [0.05, 0.1) is 11.6 Å². The summed E-state index contributed by atoms with van der Waals surface area (Å²) < 4.78 is 0. The first-order valence-electron chi connectivity index (χ1n) is 8.12. The largest absolute Gasteiger partial charge is 0.333 e. The summed E-state index contributed by atoms with van der Waals surface area (Å²) in [6, 6.07) is 8.93. The molecule has 5 atom stereocenters. The molecule has 3 aliphatic rings. The van der Waals surface area contributed by atoms with Crippen molar-refractivity contribution in [3.05, 3.63) is 30.3 Å². The number of amides is 3. The van der Waals surface area contributed by atoms with Gasteiger partial charge in [-0.1, -0.05) is 39.0 Å². The molecule has 2 saturated carbocycles.